The highest BCUT2D eigenvalue weighted by molar-refractivity contribution is 5.29. The van der Waals surface area contributed by atoms with Gasteiger partial charge in [-0.2, -0.15) is 0 Å². The summed E-state index contributed by atoms with van der Waals surface area (Å²) in [6.45, 7) is 2.68. The summed E-state index contributed by atoms with van der Waals surface area (Å²) < 4.78 is 5.62. The number of pyridine rings is 1. The zero-order valence-electron chi connectivity index (χ0n) is 13.9. The van der Waals surface area contributed by atoms with Crippen molar-refractivity contribution in [2.24, 2.45) is 0 Å². The van der Waals surface area contributed by atoms with Crippen LogP contribution in [0.2, 0.25) is 0 Å². The van der Waals surface area contributed by atoms with Gasteiger partial charge in [0.05, 0.1) is 18.8 Å². The van der Waals surface area contributed by atoms with E-state index in [4.69, 9.17) is 4.74 Å². The van der Waals surface area contributed by atoms with Gasteiger partial charge in [0.1, 0.15) is 5.75 Å². The quantitative estimate of drug-likeness (QED) is 0.874. The summed E-state index contributed by atoms with van der Waals surface area (Å²) in [6.07, 6.45) is 10.2. The molecule has 0 radical (unpaired) electrons. The van der Waals surface area contributed by atoms with Gasteiger partial charge in [-0.25, -0.2) is 0 Å². The van der Waals surface area contributed by atoms with E-state index in [1.165, 1.54) is 37.7 Å². The van der Waals surface area contributed by atoms with Crippen molar-refractivity contribution < 1.29 is 4.74 Å². The normalized spacial score (nSPS) is 19.5. The summed E-state index contributed by atoms with van der Waals surface area (Å²) in [4.78, 5) is 6.78. The van der Waals surface area contributed by atoms with Gasteiger partial charge in [0, 0.05) is 11.7 Å². The molecule has 1 atom stereocenters. The van der Waals surface area contributed by atoms with Crippen molar-refractivity contribution in [1.29, 1.82) is 0 Å². The van der Waals surface area contributed by atoms with Crippen molar-refractivity contribution in [1.82, 2.24) is 15.2 Å². The third-order valence-corrected chi connectivity index (χ3v) is 4.81. The van der Waals surface area contributed by atoms with Gasteiger partial charge >= 0.3 is 0 Å². The van der Waals surface area contributed by atoms with Crippen LogP contribution in [0.25, 0.3) is 0 Å². The molecule has 1 aliphatic carbocycles. The molecule has 21 heavy (non-hydrogen) atoms. The van der Waals surface area contributed by atoms with Crippen molar-refractivity contribution >= 4 is 0 Å². The summed E-state index contributed by atoms with van der Waals surface area (Å²) in [6, 6.07) is 2.41. The molecule has 1 unspecified atom stereocenters. The predicted octanol–water partition coefficient (Wildman–Crippen LogP) is 3.01. The lowest BCUT2D eigenvalue weighted by Gasteiger charge is -2.48. The molecule has 1 heterocycles. The van der Waals surface area contributed by atoms with Crippen molar-refractivity contribution in [2.45, 2.75) is 50.6 Å². The average Bonchev–Trinajstić information content (AvgIpc) is 2.49. The van der Waals surface area contributed by atoms with Crippen LogP contribution in [0.4, 0.5) is 0 Å². The van der Waals surface area contributed by atoms with Gasteiger partial charge in [-0.3, -0.25) is 4.98 Å². The summed E-state index contributed by atoms with van der Waals surface area (Å²) in [5.41, 5.74) is 1.39. The highest BCUT2D eigenvalue weighted by Crippen LogP contribution is 2.42. The second-order valence-corrected chi connectivity index (χ2v) is 6.17. The summed E-state index contributed by atoms with van der Waals surface area (Å²) in [5, 5.41) is 3.54. The molecule has 1 aromatic rings. The number of ether oxygens (including phenoxy) is 1. The number of nitrogens with one attached hydrogen (secondary N) is 1. The number of hydrogen-bond donors (Lipinski definition) is 1. The molecule has 1 saturated carbocycles. The smallest absolute Gasteiger partial charge is 0.137 e. The second-order valence-electron chi connectivity index (χ2n) is 6.17. The van der Waals surface area contributed by atoms with Gasteiger partial charge in [-0.1, -0.05) is 19.3 Å². The molecule has 1 N–H and O–H groups in total. The minimum absolute atomic E-state index is 0.166. The first kappa shape index (κ1) is 16.2. The van der Waals surface area contributed by atoms with Crippen LogP contribution in [-0.4, -0.2) is 43.2 Å². The average molecular weight is 291 g/mol. The van der Waals surface area contributed by atoms with Crippen LogP contribution >= 0.6 is 0 Å². The van der Waals surface area contributed by atoms with Crippen LogP contribution in [0.3, 0.4) is 0 Å². The number of rotatable bonds is 6. The Morgan fingerprint density at radius 3 is 2.57 bits per heavy atom. The molecule has 0 bridgehead atoms. The number of hydrogen-bond acceptors (Lipinski definition) is 4. The first-order chi connectivity index (χ1) is 10.1. The van der Waals surface area contributed by atoms with E-state index < -0.39 is 0 Å². The molecule has 0 spiro atoms. The Balaban J connectivity index is 2.34. The zero-order valence-corrected chi connectivity index (χ0v) is 13.9. The SMILES string of the molecule is CCOc1cncc(C(NC)C2(N(C)C)CCCCC2)c1. The Labute approximate surface area is 128 Å². The van der Waals surface area contributed by atoms with E-state index in [1.807, 2.05) is 13.1 Å². The first-order valence-corrected chi connectivity index (χ1v) is 8.06. The van der Waals surface area contributed by atoms with Gasteiger partial charge in [0.2, 0.25) is 0 Å². The minimum Gasteiger partial charge on any atom is -0.492 e. The fraction of sp³-hybridized carbons (Fsp3) is 0.706. The Morgan fingerprint density at radius 2 is 2.00 bits per heavy atom. The number of likely N-dealkylation sites (N-methyl/N-ethyl adjacent to an activating group) is 2. The fourth-order valence-corrected chi connectivity index (χ4v) is 3.74. The molecule has 1 aromatic heterocycles. The van der Waals surface area contributed by atoms with Gasteiger partial charge < -0.3 is 15.0 Å². The van der Waals surface area contributed by atoms with Crippen molar-refractivity contribution in [3.8, 4) is 5.75 Å². The third-order valence-electron chi connectivity index (χ3n) is 4.81. The molecular formula is C17H29N3O. The lowest BCUT2D eigenvalue weighted by Crippen LogP contribution is -2.54. The Bertz CT molecular complexity index is 441. The number of aromatic nitrogens is 1. The maximum absolute atomic E-state index is 5.62. The molecule has 0 amide bonds. The van der Waals surface area contributed by atoms with E-state index in [9.17, 15) is 0 Å². The van der Waals surface area contributed by atoms with Crippen LogP contribution in [-0.2, 0) is 0 Å². The van der Waals surface area contributed by atoms with E-state index in [0.29, 0.717) is 6.61 Å². The van der Waals surface area contributed by atoms with Crippen LogP contribution in [0, 0.1) is 0 Å². The summed E-state index contributed by atoms with van der Waals surface area (Å²) >= 11 is 0. The van der Waals surface area contributed by atoms with Crippen LogP contribution in [0.5, 0.6) is 5.75 Å². The molecule has 2 rings (SSSR count). The molecule has 0 aliphatic heterocycles. The van der Waals surface area contributed by atoms with E-state index in [0.717, 1.165) is 5.75 Å². The van der Waals surface area contributed by atoms with Crippen molar-refractivity contribution in [3.63, 3.8) is 0 Å². The topological polar surface area (TPSA) is 37.4 Å². The van der Waals surface area contributed by atoms with Crippen LogP contribution in [0.1, 0.15) is 50.6 Å². The fourth-order valence-electron chi connectivity index (χ4n) is 3.74. The number of nitrogens with zero attached hydrogens (tertiary/aromatic N) is 2. The van der Waals surface area contributed by atoms with E-state index in [2.05, 4.69) is 42.4 Å². The molecule has 0 aromatic carbocycles. The monoisotopic (exact) mass is 291 g/mol. The molecule has 1 fully saturated rings. The maximum Gasteiger partial charge on any atom is 0.137 e. The molecule has 0 saturated heterocycles. The van der Waals surface area contributed by atoms with Crippen LogP contribution < -0.4 is 10.1 Å². The minimum atomic E-state index is 0.166. The van der Waals surface area contributed by atoms with E-state index in [1.54, 1.807) is 6.20 Å². The second kappa shape index (κ2) is 7.23. The van der Waals surface area contributed by atoms with Gasteiger partial charge in [-0.05, 0) is 52.5 Å². The molecule has 4 heteroatoms. The van der Waals surface area contributed by atoms with Gasteiger partial charge in [0.15, 0.2) is 0 Å². The van der Waals surface area contributed by atoms with Gasteiger partial charge in [-0.15, -0.1) is 0 Å². The molecular weight excluding hydrogens is 262 g/mol. The standard InChI is InChI=1S/C17H29N3O/c1-5-21-15-11-14(12-19-13-15)16(18-2)17(20(3)4)9-7-6-8-10-17/h11-13,16,18H,5-10H2,1-4H3. The van der Waals surface area contributed by atoms with Crippen LogP contribution in [0.15, 0.2) is 18.5 Å². The van der Waals surface area contributed by atoms with Crippen molar-refractivity contribution in [3.05, 3.63) is 24.0 Å². The van der Waals surface area contributed by atoms with E-state index >= 15 is 0 Å². The molecule has 1 aliphatic rings. The van der Waals surface area contributed by atoms with Crippen molar-refractivity contribution in [2.75, 3.05) is 27.7 Å². The van der Waals surface area contributed by atoms with Gasteiger partial charge in [0.25, 0.3) is 0 Å². The maximum atomic E-state index is 5.62. The highest BCUT2D eigenvalue weighted by atomic mass is 16.5. The molecule has 4 nitrogen and oxygen atoms in total. The lowest BCUT2D eigenvalue weighted by atomic mass is 9.73. The summed E-state index contributed by atoms with van der Waals surface area (Å²) in [7, 11) is 6.46. The summed E-state index contributed by atoms with van der Waals surface area (Å²) in [5.74, 6) is 0.861. The van der Waals surface area contributed by atoms with E-state index in [-0.39, 0.29) is 11.6 Å². The Kier molecular flexibility index (Phi) is 5.59. The largest absolute Gasteiger partial charge is 0.492 e. The zero-order chi connectivity index (χ0) is 15.3. The molecule has 118 valence electrons. The lowest BCUT2D eigenvalue weighted by molar-refractivity contribution is 0.0592. The highest BCUT2D eigenvalue weighted by Gasteiger charge is 2.42. The Hall–Kier alpha value is -1.13. The third kappa shape index (κ3) is 3.38. The Morgan fingerprint density at radius 1 is 1.29 bits per heavy atom. The first-order valence-electron chi connectivity index (χ1n) is 8.06. The predicted molar refractivity (Wildman–Crippen MR) is 86.7 cm³/mol.